The lowest BCUT2D eigenvalue weighted by Crippen LogP contribution is -2.34. The van der Waals surface area contributed by atoms with Gasteiger partial charge in [-0.2, -0.15) is 0 Å². The van der Waals surface area contributed by atoms with E-state index in [-0.39, 0.29) is 0 Å². The van der Waals surface area contributed by atoms with Gasteiger partial charge in [0.1, 0.15) is 0 Å². The van der Waals surface area contributed by atoms with Gasteiger partial charge in [0.25, 0.3) is 0 Å². The highest BCUT2D eigenvalue weighted by molar-refractivity contribution is 7.80. The van der Waals surface area contributed by atoms with Gasteiger partial charge in [0, 0.05) is 12.5 Å². The third-order valence-electron chi connectivity index (χ3n) is 1.99. The van der Waals surface area contributed by atoms with Crippen molar-refractivity contribution in [2.75, 3.05) is 6.54 Å². The zero-order valence-electron chi connectivity index (χ0n) is 7.02. The molecule has 0 bridgehead atoms. The molecule has 1 saturated heterocycles. The number of nitrogens with one attached hydrogen (secondary N) is 1. The smallest absolute Gasteiger partial charge is 0.0787 e. The summed E-state index contributed by atoms with van der Waals surface area (Å²) in [5.74, 6) is 0.566. The van der Waals surface area contributed by atoms with E-state index >= 15 is 0 Å². The molecule has 11 heavy (non-hydrogen) atoms. The van der Waals surface area contributed by atoms with E-state index in [4.69, 9.17) is 12.2 Å². The van der Waals surface area contributed by atoms with Gasteiger partial charge in [-0.1, -0.05) is 17.8 Å². The van der Waals surface area contributed by atoms with Crippen molar-refractivity contribution in [3.05, 3.63) is 12.2 Å². The molecule has 1 heterocycles. The SMILES string of the molecule is C=C(C)CC1CCCNC1=S. The van der Waals surface area contributed by atoms with Crippen LogP contribution in [0.2, 0.25) is 0 Å². The van der Waals surface area contributed by atoms with Gasteiger partial charge >= 0.3 is 0 Å². The van der Waals surface area contributed by atoms with Crippen molar-refractivity contribution in [3.8, 4) is 0 Å². The number of piperidine rings is 1. The third kappa shape index (κ3) is 2.62. The standard InChI is InChI=1S/C9H15NS/c1-7(2)6-8-4-3-5-10-9(8)11/h8H,1,3-6H2,2H3,(H,10,11). The molecule has 1 rings (SSSR count). The molecule has 1 fully saturated rings. The Kier molecular flexibility index (Phi) is 3.06. The van der Waals surface area contributed by atoms with E-state index in [1.165, 1.54) is 18.4 Å². The Morgan fingerprint density at radius 2 is 2.55 bits per heavy atom. The number of hydrogen-bond acceptors (Lipinski definition) is 1. The summed E-state index contributed by atoms with van der Waals surface area (Å²) < 4.78 is 0. The van der Waals surface area contributed by atoms with Gasteiger partial charge in [0.15, 0.2) is 0 Å². The second kappa shape index (κ2) is 3.86. The maximum Gasteiger partial charge on any atom is 0.0787 e. The lowest BCUT2D eigenvalue weighted by Gasteiger charge is -2.24. The van der Waals surface area contributed by atoms with Crippen LogP contribution in [-0.4, -0.2) is 11.5 Å². The summed E-state index contributed by atoms with van der Waals surface area (Å²) in [6.07, 6.45) is 3.54. The predicted octanol–water partition coefficient (Wildman–Crippen LogP) is 2.28. The molecule has 0 radical (unpaired) electrons. The number of rotatable bonds is 2. The van der Waals surface area contributed by atoms with Crippen LogP contribution in [-0.2, 0) is 0 Å². The summed E-state index contributed by atoms with van der Waals surface area (Å²) in [5.41, 5.74) is 1.24. The molecule has 0 aliphatic carbocycles. The third-order valence-corrected chi connectivity index (χ3v) is 2.47. The summed E-state index contributed by atoms with van der Waals surface area (Å²) in [4.78, 5) is 1.04. The second-order valence-electron chi connectivity index (χ2n) is 3.29. The molecular weight excluding hydrogens is 154 g/mol. The van der Waals surface area contributed by atoms with Gasteiger partial charge in [-0.25, -0.2) is 0 Å². The molecule has 0 amide bonds. The predicted molar refractivity (Wildman–Crippen MR) is 52.8 cm³/mol. The van der Waals surface area contributed by atoms with Crippen LogP contribution < -0.4 is 5.32 Å². The number of hydrogen-bond donors (Lipinski definition) is 1. The van der Waals surface area contributed by atoms with E-state index in [0.29, 0.717) is 5.92 Å². The maximum atomic E-state index is 5.19. The summed E-state index contributed by atoms with van der Waals surface area (Å²) >= 11 is 5.19. The molecule has 0 aromatic rings. The van der Waals surface area contributed by atoms with Crippen molar-refractivity contribution in [2.45, 2.75) is 26.2 Å². The summed E-state index contributed by atoms with van der Waals surface area (Å²) in [6, 6.07) is 0. The highest BCUT2D eigenvalue weighted by Gasteiger charge is 2.17. The van der Waals surface area contributed by atoms with Crippen LogP contribution in [0.25, 0.3) is 0 Å². The Hall–Kier alpha value is -0.370. The molecule has 0 aromatic carbocycles. The normalized spacial score (nSPS) is 24.5. The lowest BCUT2D eigenvalue weighted by atomic mass is 9.93. The van der Waals surface area contributed by atoms with Crippen LogP contribution in [0.3, 0.4) is 0 Å². The molecule has 0 saturated carbocycles. The molecule has 0 aromatic heterocycles. The van der Waals surface area contributed by atoms with Gasteiger partial charge in [0.2, 0.25) is 0 Å². The molecule has 1 aliphatic heterocycles. The Morgan fingerprint density at radius 1 is 1.82 bits per heavy atom. The highest BCUT2D eigenvalue weighted by atomic mass is 32.1. The van der Waals surface area contributed by atoms with Gasteiger partial charge in [-0.05, 0) is 26.2 Å². The first-order valence-electron chi connectivity index (χ1n) is 4.12. The molecule has 2 heteroatoms. The minimum absolute atomic E-state index is 0.566. The monoisotopic (exact) mass is 169 g/mol. The zero-order valence-corrected chi connectivity index (χ0v) is 7.84. The first-order valence-corrected chi connectivity index (χ1v) is 4.53. The van der Waals surface area contributed by atoms with Crippen LogP contribution in [0.5, 0.6) is 0 Å². The van der Waals surface area contributed by atoms with E-state index in [2.05, 4.69) is 18.8 Å². The molecule has 1 aliphatic rings. The minimum atomic E-state index is 0.566. The Balaban J connectivity index is 2.42. The van der Waals surface area contributed by atoms with Crippen molar-refractivity contribution in [1.82, 2.24) is 5.32 Å². The van der Waals surface area contributed by atoms with E-state index in [1.54, 1.807) is 0 Å². The molecule has 1 N–H and O–H groups in total. The zero-order chi connectivity index (χ0) is 8.27. The maximum absolute atomic E-state index is 5.19. The van der Waals surface area contributed by atoms with Crippen LogP contribution in [0.15, 0.2) is 12.2 Å². The molecule has 1 nitrogen and oxygen atoms in total. The number of thiocarbonyl (C=S) groups is 1. The first kappa shape index (κ1) is 8.72. The molecular formula is C9H15NS. The van der Waals surface area contributed by atoms with E-state index in [9.17, 15) is 0 Å². The largest absolute Gasteiger partial charge is 0.379 e. The number of allylic oxidation sites excluding steroid dienone is 1. The van der Waals surface area contributed by atoms with Gasteiger partial charge < -0.3 is 5.32 Å². The summed E-state index contributed by atoms with van der Waals surface area (Å²) in [6.45, 7) is 7.02. The fourth-order valence-electron chi connectivity index (χ4n) is 1.45. The average Bonchev–Trinajstić information content (AvgIpc) is 1.93. The molecule has 62 valence electrons. The molecule has 1 unspecified atom stereocenters. The fraction of sp³-hybridized carbons (Fsp3) is 0.667. The van der Waals surface area contributed by atoms with Crippen molar-refractivity contribution in [3.63, 3.8) is 0 Å². The van der Waals surface area contributed by atoms with Crippen molar-refractivity contribution in [1.29, 1.82) is 0 Å². The van der Waals surface area contributed by atoms with Crippen LogP contribution >= 0.6 is 12.2 Å². The molecule has 0 spiro atoms. The van der Waals surface area contributed by atoms with Crippen molar-refractivity contribution < 1.29 is 0 Å². The first-order chi connectivity index (χ1) is 5.20. The Morgan fingerprint density at radius 3 is 3.09 bits per heavy atom. The lowest BCUT2D eigenvalue weighted by molar-refractivity contribution is 0.531. The van der Waals surface area contributed by atoms with Crippen LogP contribution in [0, 0.1) is 5.92 Å². The fourth-order valence-corrected chi connectivity index (χ4v) is 1.75. The minimum Gasteiger partial charge on any atom is -0.379 e. The van der Waals surface area contributed by atoms with Crippen molar-refractivity contribution >= 4 is 17.2 Å². The topological polar surface area (TPSA) is 12.0 Å². The van der Waals surface area contributed by atoms with Gasteiger partial charge in [-0.15, -0.1) is 6.58 Å². The van der Waals surface area contributed by atoms with E-state index in [0.717, 1.165) is 18.0 Å². The average molecular weight is 169 g/mol. The Labute approximate surface area is 73.9 Å². The Bertz CT molecular complexity index is 174. The van der Waals surface area contributed by atoms with Gasteiger partial charge in [-0.3, -0.25) is 0 Å². The van der Waals surface area contributed by atoms with Crippen molar-refractivity contribution in [2.24, 2.45) is 5.92 Å². The highest BCUT2D eigenvalue weighted by Crippen LogP contribution is 2.19. The van der Waals surface area contributed by atoms with E-state index in [1.807, 2.05) is 0 Å². The summed E-state index contributed by atoms with van der Waals surface area (Å²) in [5, 5.41) is 3.23. The second-order valence-corrected chi connectivity index (χ2v) is 3.73. The quantitative estimate of drug-likeness (QED) is 0.503. The van der Waals surface area contributed by atoms with E-state index < -0.39 is 0 Å². The molecule has 1 atom stereocenters. The van der Waals surface area contributed by atoms with Gasteiger partial charge in [0.05, 0.1) is 4.99 Å². The van der Waals surface area contributed by atoms with Crippen LogP contribution in [0.4, 0.5) is 0 Å². The summed E-state index contributed by atoms with van der Waals surface area (Å²) in [7, 11) is 0. The van der Waals surface area contributed by atoms with Crippen LogP contribution in [0.1, 0.15) is 26.2 Å².